The predicted molar refractivity (Wildman–Crippen MR) is 76.2 cm³/mol. The lowest BCUT2D eigenvalue weighted by Gasteiger charge is -2.27. The Kier molecular flexibility index (Phi) is 3.63. The summed E-state index contributed by atoms with van der Waals surface area (Å²) in [6.45, 7) is 3.01. The van der Waals surface area contributed by atoms with Crippen LogP contribution in [0, 0.1) is 0 Å². The van der Waals surface area contributed by atoms with Crippen LogP contribution in [0.1, 0.15) is 25.0 Å². The molecule has 2 N–H and O–H groups in total. The largest absolute Gasteiger partial charge is 0.378 e. The van der Waals surface area contributed by atoms with Gasteiger partial charge in [0.15, 0.2) is 0 Å². The van der Waals surface area contributed by atoms with Crippen molar-refractivity contribution >= 4 is 11.5 Å². The number of nitrogens with zero attached hydrogens (tertiary/aromatic N) is 3. The number of piperidine rings is 1. The Morgan fingerprint density at radius 3 is 2.74 bits per heavy atom. The number of hydrogen-bond donors (Lipinski definition) is 2. The summed E-state index contributed by atoms with van der Waals surface area (Å²) < 4.78 is 0. The van der Waals surface area contributed by atoms with Crippen molar-refractivity contribution in [3.8, 4) is 0 Å². The SMILES string of the molecule is c1cc(CNc2ccc(N3CCCCC3)nc2)[nH]n1. The number of hydrogen-bond acceptors (Lipinski definition) is 4. The molecule has 3 heterocycles. The number of anilines is 2. The first-order valence-corrected chi connectivity index (χ1v) is 6.85. The molecule has 0 bridgehead atoms. The average molecular weight is 257 g/mol. The molecule has 0 amide bonds. The van der Waals surface area contributed by atoms with Gasteiger partial charge in [-0.25, -0.2) is 4.98 Å². The molecule has 1 fully saturated rings. The molecular formula is C14H19N5. The lowest BCUT2D eigenvalue weighted by atomic mass is 10.1. The van der Waals surface area contributed by atoms with Crippen molar-refractivity contribution < 1.29 is 0 Å². The van der Waals surface area contributed by atoms with Crippen molar-refractivity contribution in [2.45, 2.75) is 25.8 Å². The summed E-state index contributed by atoms with van der Waals surface area (Å²) >= 11 is 0. The summed E-state index contributed by atoms with van der Waals surface area (Å²) in [4.78, 5) is 6.90. The maximum Gasteiger partial charge on any atom is 0.128 e. The number of pyridine rings is 1. The van der Waals surface area contributed by atoms with Crippen LogP contribution in [0.4, 0.5) is 11.5 Å². The molecule has 5 heteroatoms. The van der Waals surface area contributed by atoms with Gasteiger partial charge in [-0.2, -0.15) is 5.10 Å². The second-order valence-electron chi connectivity index (χ2n) is 4.89. The van der Waals surface area contributed by atoms with Crippen molar-refractivity contribution in [2.24, 2.45) is 0 Å². The first-order valence-electron chi connectivity index (χ1n) is 6.85. The van der Waals surface area contributed by atoms with Gasteiger partial charge in [-0.15, -0.1) is 0 Å². The Morgan fingerprint density at radius 1 is 1.16 bits per heavy atom. The van der Waals surface area contributed by atoms with Gasteiger partial charge in [0.05, 0.1) is 24.1 Å². The minimum Gasteiger partial charge on any atom is -0.378 e. The molecule has 0 aliphatic carbocycles. The molecule has 100 valence electrons. The van der Waals surface area contributed by atoms with Gasteiger partial charge in [0.25, 0.3) is 0 Å². The molecule has 1 aliphatic rings. The standard InChI is InChI=1S/C14H19N5/c1-2-8-19(9-3-1)14-5-4-12(10-16-14)15-11-13-6-7-17-18-13/h4-7,10,15H,1-3,8-9,11H2,(H,17,18). The topological polar surface area (TPSA) is 56.8 Å². The zero-order valence-electron chi connectivity index (χ0n) is 11.0. The average Bonchev–Trinajstić information content (AvgIpc) is 3.00. The van der Waals surface area contributed by atoms with Gasteiger partial charge in [0.1, 0.15) is 5.82 Å². The minimum absolute atomic E-state index is 0.741. The Hall–Kier alpha value is -2.04. The molecule has 2 aromatic rings. The fourth-order valence-corrected chi connectivity index (χ4v) is 2.38. The van der Waals surface area contributed by atoms with Crippen LogP contribution in [0.5, 0.6) is 0 Å². The Bertz CT molecular complexity index is 485. The third kappa shape index (κ3) is 3.05. The summed E-state index contributed by atoms with van der Waals surface area (Å²) in [5.74, 6) is 1.09. The highest BCUT2D eigenvalue weighted by Gasteiger charge is 2.11. The van der Waals surface area contributed by atoms with Gasteiger partial charge in [-0.1, -0.05) is 0 Å². The highest BCUT2D eigenvalue weighted by atomic mass is 15.2. The lowest BCUT2D eigenvalue weighted by Crippen LogP contribution is -2.30. The Morgan fingerprint density at radius 2 is 2.05 bits per heavy atom. The van der Waals surface area contributed by atoms with E-state index in [2.05, 4.69) is 37.5 Å². The summed E-state index contributed by atoms with van der Waals surface area (Å²) in [5, 5.41) is 10.2. The van der Waals surface area contributed by atoms with Crippen LogP contribution in [0.15, 0.2) is 30.6 Å². The number of nitrogens with one attached hydrogen (secondary N) is 2. The maximum absolute atomic E-state index is 4.54. The predicted octanol–water partition coefficient (Wildman–Crippen LogP) is 2.41. The van der Waals surface area contributed by atoms with E-state index in [0.717, 1.165) is 36.8 Å². The lowest BCUT2D eigenvalue weighted by molar-refractivity contribution is 0.573. The van der Waals surface area contributed by atoms with E-state index in [1.165, 1.54) is 19.3 Å². The Labute approximate surface area is 113 Å². The molecule has 0 spiro atoms. The second kappa shape index (κ2) is 5.73. The van der Waals surface area contributed by atoms with Crippen molar-refractivity contribution in [2.75, 3.05) is 23.3 Å². The number of rotatable bonds is 4. The van der Waals surface area contributed by atoms with E-state index in [0.29, 0.717) is 0 Å². The van der Waals surface area contributed by atoms with Crippen LogP contribution in [-0.2, 0) is 6.54 Å². The normalized spacial score (nSPS) is 15.5. The van der Waals surface area contributed by atoms with Gasteiger partial charge >= 0.3 is 0 Å². The van der Waals surface area contributed by atoms with E-state index in [4.69, 9.17) is 0 Å². The molecule has 0 atom stereocenters. The zero-order valence-corrected chi connectivity index (χ0v) is 11.0. The second-order valence-corrected chi connectivity index (χ2v) is 4.89. The molecule has 2 aromatic heterocycles. The van der Waals surface area contributed by atoms with E-state index in [1.54, 1.807) is 6.20 Å². The van der Waals surface area contributed by atoms with Gasteiger partial charge in [-0.3, -0.25) is 5.10 Å². The van der Waals surface area contributed by atoms with Crippen molar-refractivity contribution in [1.82, 2.24) is 15.2 Å². The summed E-state index contributed by atoms with van der Waals surface area (Å²) in [6, 6.07) is 6.15. The first kappa shape index (κ1) is 12.0. The number of H-pyrrole nitrogens is 1. The first-order chi connectivity index (χ1) is 9.42. The maximum atomic E-state index is 4.54. The fraction of sp³-hybridized carbons (Fsp3) is 0.429. The number of aromatic nitrogens is 3. The molecule has 19 heavy (non-hydrogen) atoms. The highest BCUT2D eigenvalue weighted by Crippen LogP contribution is 2.19. The smallest absolute Gasteiger partial charge is 0.128 e. The summed E-state index contributed by atoms with van der Waals surface area (Å²) in [5.41, 5.74) is 2.11. The third-order valence-electron chi connectivity index (χ3n) is 3.47. The van der Waals surface area contributed by atoms with E-state index in [9.17, 15) is 0 Å². The van der Waals surface area contributed by atoms with E-state index >= 15 is 0 Å². The van der Waals surface area contributed by atoms with Crippen LogP contribution in [0.2, 0.25) is 0 Å². The van der Waals surface area contributed by atoms with Gasteiger partial charge < -0.3 is 10.2 Å². The molecule has 5 nitrogen and oxygen atoms in total. The molecule has 0 saturated carbocycles. The monoisotopic (exact) mass is 257 g/mol. The van der Waals surface area contributed by atoms with Gasteiger partial charge in [0.2, 0.25) is 0 Å². The quantitative estimate of drug-likeness (QED) is 0.883. The molecule has 0 radical (unpaired) electrons. The molecule has 0 aromatic carbocycles. The van der Waals surface area contributed by atoms with E-state index in [1.807, 2.05) is 12.3 Å². The van der Waals surface area contributed by atoms with Crippen molar-refractivity contribution in [1.29, 1.82) is 0 Å². The van der Waals surface area contributed by atoms with Crippen LogP contribution < -0.4 is 10.2 Å². The van der Waals surface area contributed by atoms with Crippen LogP contribution in [0.25, 0.3) is 0 Å². The van der Waals surface area contributed by atoms with Gasteiger partial charge in [0, 0.05) is 19.3 Å². The molecular weight excluding hydrogens is 238 g/mol. The molecule has 3 rings (SSSR count). The molecule has 1 saturated heterocycles. The van der Waals surface area contributed by atoms with Crippen molar-refractivity contribution in [3.05, 3.63) is 36.3 Å². The van der Waals surface area contributed by atoms with Crippen LogP contribution in [0.3, 0.4) is 0 Å². The zero-order chi connectivity index (χ0) is 12.9. The molecule has 1 aliphatic heterocycles. The van der Waals surface area contributed by atoms with E-state index < -0.39 is 0 Å². The number of aromatic amines is 1. The van der Waals surface area contributed by atoms with Gasteiger partial charge in [-0.05, 0) is 37.5 Å². The third-order valence-corrected chi connectivity index (χ3v) is 3.47. The van der Waals surface area contributed by atoms with Crippen molar-refractivity contribution in [3.63, 3.8) is 0 Å². The Balaban J connectivity index is 1.58. The minimum atomic E-state index is 0.741. The van der Waals surface area contributed by atoms with Crippen LogP contribution in [-0.4, -0.2) is 28.3 Å². The van der Waals surface area contributed by atoms with E-state index in [-0.39, 0.29) is 0 Å². The highest BCUT2D eigenvalue weighted by molar-refractivity contribution is 5.48. The fourth-order valence-electron chi connectivity index (χ4n) is 2.38. The summed E-state index contributed by atoms with van der Waals surface area (Å²) in [7, 11) is 0. The molecule has 0 unspecified atom stereocenters. The van der Waals surface area contributed by atoms with Crippen LogP contribution >= 0.6 is 0 Å². The summed E-state index contributed by atoms with van der Waals surface area (Å²) in [6.07, 6.45) is 7.57.